The molecule has 0 fully saturated rings. The number of carbonyl (C=O) groups is 2. The van der Waals surface area contributed by atoms with Gasteiger partial charge in [-0.15, -0.1) is 0 Å². The van der Waals surface area contributed by atoms with Crippen LogP contribution in [0.15, 0.2) is 24.3 Å². The maximum atomic E-state index is 12.2. The number of amides is 1. The minimum atomic E-state index is -0.401. The molecule has 5 nitrogen and oxygen atoms in total. The molecule has 0 aliphatic rings. The third kappa shape index (κ3) is 4.28. The Morgan fingerprint density at radius 3 is 2.47 bits per heavy atom. The van der Waals surface area contributed by atoms with Gasteiger partial charge in [0.15, 0.2) is 0 Å². The summed E-state index contributed by atoms with van der Waals surface area (Å²) in [4.78, 5) is 26.8. The second-order valence-corrected chi connectivity index (χ2v) is 4.41. The van der Waals surface area contributed by atoms with E-state index in [9.17, 15) is 9.59 Å². The highest BCUT2D eigenvalue weighted by atomic mass is 16.5. The van der Waals surface area contributed by atoms with Crippen molar-refractivity contribution in [3.05, 3.63) is 29.8 Å². The van der Waals surface area contributed by atoms with Crippen LogP contribution in [0.25, 0.3) is 0 Å². The summed E-state index contributed by atoms with van der Waals surface area (Å²) in [6, 6.07) is 7.27. The van der Waals surface area contributed by atoms with E-state index < -0.39 is 5.97 Å². The Hall–Kier alpha value is -2.04. The van der Waals surface area contributed by atoms with E-state index in [1.165, 1.54) is 4.90 Å². The van der Waals surface area contributed by atoms with Gasteiger partial charge in [-0.2, -0.15) is 0 Å². The summed E-state index contributed by atoms with van der Waals surface area (Å²) in [6.07, 6.45) is 0. The van der Waals surface area contributed by atoms with E-state index in [0.717, 1.165) is 5.69 Å². The molecule has 0 unspecified atom stereocenters. The van der Waals surface area contributed by atoms with Crippen LogP contribution in [-0.2, 0) is 9.53 Å². The smallest absolute Gasteiger partial charge is 0.325 e. The Kier molecular flexibility index (Phi) is 5.36. The van der Waals surface area contributed by atoms with Crippen molar-refractivity contribution in [2.45, 2.75) is 6.92 Å². The number of hydrogen-bond donors (Lipinski definition) is 0. The number of ether oxygens (including phenoxy) is 1. The fourth-order valence-corrected chi connectivity index (χ4v) is 1.61. The summed E-state index contributed by atoms with van der Waals surface area (Å²) in [5, 5.41) is 0. The van der Waals surface area contributed by atoms with Crippen molar-refractivity contribution in [2.24, 2.45) is 0 Å². The van der Waals surface area contributed by atoms with Gasteiger partial charge in [-0.1, -0.05) is 6.07 Å². The van der Waals surface area contributed by atoms with Crippen LogP contribution in [-0.4, -0.2) is 51.1 Å². The van der Waals surface area contributed by atoms with Crippen LogP contribution >= 0.6 is 0 Å². The molecule has 1 aromatic rings. The molecule has 1 amide bonds. The van der Waals surface area contributed by atoms with E-state index in [1.54, 1.807) is 26.1 Å². The van der Waals surface area contributed by atoms with Crippen LogP contribution in [0.5, 0.6) is 0 Å². The maximum Gasteiger partial charge on any atom is 0.325 e. The molecule has 0 N–H and O–H groups in total. The van der Waals surface area contributed by atoms with Crippen LogP contribution in [0, 0.1) is 0 Å². The van der Waals surface area contributed by atoms with Crippen molar-refractivity contribution in [3.63, 3.8) is 0 Å². The second kappa shape index (κ2) is 6.78. The normalized spacial score (nSPS) is 9.89. The molecular weight excluding hydrogens is 244 g/mol. The Morgan fingerprint density at radius 1 is 1.21 bits per heavy atom. The van der Waals surface area contributed by atoms with Crippen molar-refractivity contribution in [1.82, 2.24) is 4.90 Å². The number of esters is 1. The van der Waals surface area contributed by atoms with E-state index in [4.69, 9.17) is 4.74 Å². The minimum Gasteiger partial charge on any atom is -0.465 e. The molecule has 0 radical (unpaired) electrons. The number of nitrogens with zero attached hydrogens (tertiary/aromatic N) is 2. The monoisotopic (exact) mass is 264 g/mol. The molecule has 0 bridgehead atoms. The van der Waals surface area contributed by atoms with E-state index in [2.05, 4.69) is 0 Å². The third-order valence-electron chi connectivity index (χ3n) is 2.63. The molecule has 0 aromatic heterocycles. The standard InChI is InChI=1S/C14H20N2O3/c1-5-19-13(17)10-16(4)14(18)11-7-6-8-12(9-11)15(2)3/h6-9H,5,10H2,1-4H3. The van der Waals surface area contributed by atoms with Gasteiger partial charge >= 0.3 is 5.97 Å². The van der Waals surface area contributed by atoms with E-state index in [1.807, 2.05) is 31.1 Å². The summed E-state index contributed by atoms with van der Waals surface area (Å²) in [5.74, 6) is -0.598. The first-order valence-electron chi connectivity index (χ1n) is 6.14. The molecule has 0 aliphatic carbocycles. The zero-order valence-electron chi connectivity index (χ0n) is 11.8. The summed E-state index contributed by atoms with van der Waals surface area (Å²) < 4.78 is 4.82. The molecule has 0 heterocycles. The van der Waals surface area contributed by atoms with Gasteiger partial charge in [0.25, 0.3) is 5.91 Å². The van der Waals surface area contributed by atoms with Crippen LogP contribution in [0.4, 0.5) is 5.69 Å². The van der Waals surface area contributed by atoms with E-state index >= 15 is 0 Å². The van der Waals surface area contributed by atoms with Gasteiger partial charge in [-0.3, -0.25) is 9.59 Å². The lowest BCUT2D eigenvalue weighted by molar-refractivity contribution is -0.143. The first kappa shape index (κ1) is 15.0. The molecule has 0 saturated heterocycles. The van der Waals surface area contributed by atoms with Gasteiger partial charge in [0, 0.05) is 32.4 Å². The molecule has 19 heavy (non-hydrogen) atoms. The summed E-state index contributed by atoms with van der Waals surface area (Å²) in [5.41, 5.74) is 1.49. The molecule has 5 heteroatoms. The van der Waals surface area contributed by atoms with Gasteiger partial charge in [-0.05, 0) is 25.1 Å². The molecule has 104 valence electrons. The van der Waals surface area contributed by atoms with E-state index in [-0.39, 0.29) is 12.5 Å². The first-order chi connectivity index (χ1) is 8.95. The van der Waals surface area contributed by atoms with Crippen molar-refractivity contribution in [1.29, 1.82) is 0 Å². The van der Waals surface area contributed by atoms with Crippen LogP contribution in [0.3, 0.4) is 0 Å². The van der Waals surface area contributed by atoms with Crippen molar-refractivity contribution in [2.75, 3.05) is 39.2 Å². The molecule has 1 rings (SSSR count). The van der Waals surface area contributed by atoms with E-state index in [0.29, 0.717) is 12.2 Å². The van der Waals surface area contributed by atoms with Gasteiger partial charge in [0.05, 0.1) is 6.61 Å². The predicted octanol–water partition coefficient (Wildman–Crippen LogP) is 1.39. The quantitative estimate of drug-likeness (QED) is 0.754. The highest BCUT2D eigenvalue weighted by Crippen LogP contribution is 2.14. The zero-order valence-corrected chi connectivity index (χ0v) is 11.8. The SMILES string of the molecule is CCOC(=O)CN(C)C(=O)c1cccc(N(C)C)c1. The number of rotatable bonds is 5. The summed E-state index contributed by atoms with van der Waals surface area (Å²) >= 11 is 0. The first-order valence-corrected chi connectivity index (χ1v) is 6.14. The fourth-order valence-electron chi connectivity index (χ4n) is 1.61. The lowest BCUT2D eigenvalue weighted by Crippen LogP contribution is -2.33. The van der Waals surface area contributed by atoms with Gasteiger partial charge in [0.2, 0.25) is 0 Å². The van der Waals surface area contributed by atoms with Gasteiger partial charge in [0.1, 0.15) is 6.54 Å². The Morgan fingerprint density at radius 2 is 1.89 bits per heavy atom. The van der Waals surface area contributed by atoms with Crippen molar-refractivity contribution in [3.8, 4) is 0 Å². The van der Waals surface area contributed by atoms with Gasteiger partial charge in [-0.25, -0.2) is 0 Å². The van der Waals surface area contributed by atoms with Crippen molar-refractivity contribution >= 4 is 17.6 Å². The summed E-state index contributed by atoms with van der Waals surface area (Å²) in [6.45, 7) is 2.01. The molecular formula is C14H20N2O3. The van der Waals surface area contributed by atoms with Gasteiger partial charge < -0.3 is 14.5 Å². The Balaban J connectivity index is 2.76. The summed E-state index contributed by atoms with van der Waals surface area (Å²) in [7, 11) is 5.40. The molecule has 0 saturated carbocycles. The van der Waals surface area contributed by atoms with Crippen LogP contribution < -0.4 is 4.90 Å². The van der Waals surface area contributed by atoms with Crippen molar-refractivity contribution < 1.29 is 14.3 Å². The molecule has 0 spiro atoms. The highest BCUT2D eigenvalue weighted by molar-refractivity contribution is 5.96. The number of carbonyl (C=O) groups excluding carboxylic acids is 2. The number of hydrogen-bond acceptors (Lipinski definition) is 4. The topological polar surface area (TPSA) is 49.9 Å². The number of likely N-dealkylation sites (N-methyl/N-ethyl adjacent to an activating group) is 1. The highest BCUT2D eigenvalue weighted by Gasteiger charge is 2.15. The number of anilines is 1. The average Bonchev–Trinajstić information content (AvgIpc) is 2.38. The van der Waals surface area contributed by atoms with Crippen LogP contribution in [0.1, 0.15) is 17.3 Å². The zero-order chi connectivity index (χ0) is 14.4. The largest absolute Gasteiger partial charge is 0.465 e. The predicted molar refractivity (Wildman–Crippen MR) is 74.4 cm³/mol. The molecule has 0 aliphatic heterocycles. The lowest BCUT2D eigenvalue weighted by atomic mass is 10.1. The lowest BCUT2D eigenvalue weighted by Gasteiger charge is -2.18. The molecule has 1 aromatic carbocycles. The second-order valence-electron chi connectivity index (χ2n) is 4.41. The third-order valence-corrected chi connectivity index (χ3v) is 2.63. The Bertz CT molecular complexity index is 458. The molecule has 0 atom stereocenters. The Labute approximate surface area is 113 Å². The minimum absolute atomic E-state index is 0.0428. The number of benzene rings is 1. The average molecular weight is 264 g/mol. The van der Waals surface area contributed by atoms with Crippen LogP contribution in [0.2, 0.25) is 0 Å². The fraction of sp³-hybridized carbons (Fsp3) is 0.429. The maximum absolute atomic E-state index is 12.2.